The third-order valence-corrected chi connectivity index (χ3v) is 9.35. The van der Waals surface area contributed by atoms with E-state index in [-0.39, 0.29) is 0 Å². The van der Waals surface area contributed by atoms with Gasteiger partial charge in [-0.15, -0.1) is 0 Å². The van der Waals surface area contributed by atoms with Crippen molar-refractivity contribution in [2.75, 3.05) is 0 Å². The van der Waals surface area contributed by atoms with Gasteiger partial charge in [-0.2, -0.15) is 0 Å². The molecule has 0 fully saturated rings. The highest BCUT2D eigenvalue weighted by atomic mass is 16.3. The van der Waals surface area contributed by atoms with E-state index < -0.39 is 0 Å². The third-order valence-electron chi connectivity index (χ3n) is 9.35. The molecule has 0 aliphatic rings. The van der Waals surface area contributed by atoms with Gasteiger partial charge in [0.05, 0.1) is 0 Å². The van der Waals surface area contributed by atoms with Crippen LogP contribution in [0.3, 0.4) is 0 Å². The molecule has 0 spiro atoms. The lowest BCUT2D eigenvalue weighted by atomic mass is 9.94. The van der Waals surface area contributed by atoms with Crippen molar-refractivity contribution >= 4 is 43.9 Å². The van der Waals surface area contributed by atoms with Gasteiger partial charge < -0.3 is 8.83 Å². The summed E-state index contributed by atoms with van der Waals surface area (Å²) in [5, 5.41) is 4.26. The van der Waals surface area contributed by atoms with Crippen LogP contribution in [0.5, 0.6) is 0 Å². The van der Waals surface area contributed by atoms with Gasteiger partial charge in [0.25, 0.3) is 0 Å². The van der Waals surface area contributed by atoms with Crippen molar-refractivity contribution in [1.29, 1.82) is 0 Å². The molecule has 50 heavy (non-hydrogen) atoms. The smallest absolute Gasteiger partial charge is 0.164 e. The summed E-state index contributed by atoms with van der Waals surface area (Å²) in [5.74, 6) is 1.83. The Bertz CT molecular complexity index is 2800. The van der Waals surface area contributed by atoms with Crippen LogP contribution in [-0.4, -0.2) is 15.0 Å². The molecule has 0 aliphatic heterocycles. The molecule has 10 aromatic rings. The van der Waals surface area contributed by atoms with E-state index in [2.05, 4.69) is 78.9 Å². The predicted molar refractivity (Wildman–Crippen MR) is 202 cm³/mol. The van der Waals surface area contributed by atoms with Gasteiger partial charge in [0.2, 0.25) is 0 Å². The molecule has 0 amide bonds. The largest absolute Gasteiger partial charge is 0.456 e. The zero-order chi connectivity index (χ0) is 33.0. The second-order valence-corrected chi connectivity index (χ2v) is 12.4. The normalized spacial score (nSPS) is 11.6. The maximum atomic E-state index is 6.56. The highest BCUT2D eigenvalue weighted by Gasteiger charge is 2.19. The number of nitrogens with zero attached hydrogens (tertiary/aromatic N) is 3. The molecule has 234 valence electrons. The number of fused-ring (bicyclic) bond motifs is 6. The van der Waals surface area contributed by atoms with E-state index in [1.165, 1.54) is 0 Å². The van der Waals surface area contributed by atoms with Crippen LogP contribution in [0.15, 0.2) is 173 Å². The fourth-order valence-electron chi connectivity index (χ4n) is 6.99. The summed E-state index contributed by atoms with van der Waals surface area (Å²) in [4.78, 5) is 14.7. The Morgan fingerprint density at radius 2 is 0.720 bits per heavy atom. The lowest BCUT2D eigenvalue weighted by molar-refractivity contribution is 0.668. The highest BCUT2D eigenvalue weighted by Crippen LogP contribution is 2.43. The molecule has 0 saturated carbocycles. The quantitative estimate of drug-likeness (QED) is 0.187. The van der Waals surface area contributed by atoms with E-state index in [1.54, 1.807) is 0 Å². The van der Waals surface area contributed by atoms with E-state index in [9.17, 15) is 0 Å². The molecule has 10 rings (SSSR count). The van der Waals surface area contributed by atoms with Crippen molar-refractivity contribution in [3.63, 3.8) is 0 Å². The molecule has 0 aliphatic carbocycles. The van der Waals surface area contributed by atoms with Crippen molar-refractivity contribution in [3.8, 4) is 56.4 Å². The predicted octanol–water partition coefficient (Wildman–Crippen LogP) is 12.0. The zero-order valence-corrected chi connectivity index (χ0v) is 26.7. The van der Waals surface area contributed by atoms with Gasteiger partial charge >= 0.3 is 0 Å². The van der Waals surface area contributed by atoms with Crippen LogP contribution in [0.25, 0.3) is 100 Å². The van der Waals surface area contributed by atoms with Crippen molar-refractivity contribution in [2.24, 2.45) is 0 Å². The monoisotopic (exact) mass is 641 g/mol. The minimum atomic E-state index is 0.588. The summed E-state index contributed by atoms with van der Waals surface area (Å²) >= 11 is 0. The minimum absolute atomic E-state index is 0.588. The van der Waals surface area contributed by atoms with Crippen LogP contribution in [0.2, 0.25) is 0 Å². The third kappa shape index (κ3) is 4.67. The Hall–Kier alpha value is -6.85. The first-order valence-corrected chi connectivity index (χ1v) is 16.6. The number of aromatic nitrogens is 3. The summed E-state index contributed by atoms with van der Waals surface area (Å²) in [7, 11) is 0. The topological polar surface area (TPSA) is 65.0 Å². The standard InChI is InChI=1S/C45H27N3O2/c1-4-12-28(13-5-1)31-22-24-35-39(26-31)49-37-20-10-18-33(41(35)37)34-19-11-21-38-42(34)36-25-23-32(27-40(36)50-38)45-47-43(29-14-6-2-7-15-29)46-44(48-45)30-16-8-3-9-17-30/h1-27H. The van der Waals surface area contributed by atoms with E-state index in [4.69, 9.17) is 23.8 Å². The highest BCUT2D eigenvalue weighted by molar-refractivity contribution is 6.19. The van der Waals surface area contributed by atoms with Crippen molar-refractivity contribution < 1.29 is 8.83 Å². The number of hydrogen-bond acceptors (Lipinski definition) is 5. The summed E-state index contributed by atoms with van der Waals surface area (Å²) in [5.41, 5.74) is 10.5. The first kappa shape index (κ1) is 28.2. The van der Waals surface area contributed by atoms with Gasteiger partial charge in [-0.3, -0.25) is 0 Å². The first-order valence-electron chi connectivity index (χ1n) is 16.6. The fourth-order valence-corrected chi connectivity index (χ4v) is 6.99. The molecular formula is C45H27N3O2. The van der Waals surface area contributed by atoms with Gasteiger partial charge in [-0.25, -0.2) is 15.0 Å². The van der Waals surface area contributed by atoms with E-state index in [0.29, 0.717) is 17.5 Å². The van der Waals surface area contributed by atoms with Crippen molar-refractivity contribution in [2.45, 2.75) is 0 Å². The molecule has 3 heterocycles. The molecule has 5 nitrogen and oxygen atoms in total. The van der Waals surface area contributed by atoms with Gasteiger partial charge in [-0.1, -0.05) is 127 Å². The SMILES string of the molecule is c1ccc(-c2ccc3c(c2)oc2cccc(-c4cccc5oc6cc(-c7nc(-c8ccccc8)nc(-c8ccccc8)n7)ccc6c45)c23)cc1. The Kier molecular flexibility index (Phi) is 6.42. The summed E-state index contributed by atoms with van der Waals surface area (Å²) in [6.07, 6.45) is 0. The lowest BCUT2D eigenvalue weighted by Crippen LogP contribution is -2.00. The Labute approximate surface area is 287 Å². The number of hydrogen-bond donors (Lipinski definition) is 0. The van der Waals surface area contributed by atoms with Crippen molar-refractivity contribution in [3.05, 3.63) is 164 Å². The second-order valence-electron chi connectivity index (χ2n) is 12.4. The summed E-state index contributed by atoms with van der Waals surface area (Å²) in [6, 6.07) is 55.7. The second kappa shape index (κ2) is 11.4. The fraction of sp³-hybridized carbons (Fsp3) is 0. The van der Waals surface area contributed by atoms with Crippen LogP contribution in [0.4, 0.5) is 0 Å². The minimum Gasteiger partial charge on any atom is -0.456 e. The average molecular weight is 642 g/mol. The Balaban J connectivity index is 1.13. The molecular weight excluding hydrogens is 615 g/mol. The van der Waals surface area contributed by atoms with Crippen LogP contribution >= 0.6 is 0 Å². The molecule has 0 atom stereocenters. The first-order chi connectivity index (χ1) is 24.8. The zero-order valence-electron chi connectivity index (χ0n) is 26.7. The van der Waals surface area contributed by atoms with Gasteiger partial charge in [0.1, 0.15) is 22.3 Å². The average Bonchev–Trinajstić information content (AvgIpc) is 3.76. The molecule has 0 bridgehead atoms. The molecule has 0 saturated heterocycles. The Morgan fingerprint density at radius 3 is 1.22 bits per heavy atom. The van der Waals surface area contributed by atoms with Crippen LogP contribution in [-0.2, 0) is 0 Å². The van der Waals surface area contributed by atoms with E-state index >= 15 is 0 Å². The van der Waals surface area contributed by atoms with Crippen LogP contribution in [0.1, 0.15) is 0 Å². The maximum absolute atomic E-state index is 6.56. The maximum Gasteiger partial charge on any atom is 0.164 e. The van der Waals surface area contributed by atoms with Crippen molar-refractivity contribution in [1.82, 2.24) is 15.0 Å². The number of benzene rings is 7. The molecule has 0 N–H and O–H groups in total. The molecule has 5 heteroatoms. The lowest BCUT2D eigenvalue weighted by Gasteiger charge is -2.08. The summed E-state index contributed by atoms with van der Waals surface area (Å²) < 4.78 is 13.0. The number of rotatable bonds is 5. The van der Waals surface area contributed by atoms with E-state index in [1.807, 2.05) is 84.9 Å². The van der Waals surface area contributed by atoms with Gasteiger partial charge in [-0.05, 0) is 58.7 Å². The van der Waals surface area contributed by atoms with E-state index in [0.717, 1.165) is 82.8 Å². The number of furan rings is 2. The molecule has 0 unspecified atom stereocenters. The van der Waals surface area contributed by atoms with Gasteiger partial charge in [0, 0.05) is 38.2 Å². The van der Waals surface area contributed by atoms with Crippen LogP contribution in [0, 0.1) is 0 Å². The summed E-state index contributed by atoms with van der Waals surface area (Å²) in [6.45, 7) is 0. The Morgan fingerprint density at radius 1 is 0.300 bits per heavy atom. The van der Waals surface area contributed by atoms with Crippen LogP contribution < -0.4 is 0 Å². The molecule has 0 radical (unpaired) electrons. The van der Waals surface area contributed by atoms with Gasteiger partial charge in [0.15, 0.2) is 17.5 Å². The molecule has 7 aromatic carbocycles. The molecule has 3 aromatic heterocycles.